The molecular weight excluding hydrogens is 262 g/mol. The number of ketones is 1. The van der Waals surface area contributed by atoms with E-state index >= 15 is 0 Å². The van der Waals surface area contributed by atoms with Crippen molar-refractivity contribution in [3.63, 3.8) is 0 Å². The Hall–Kier alpha value is -2.15. The molecule has 1 aromatic rings. The van der Waals surface area contributed by atoms with E-state index in [1.54, 1.807) is 12.4 Å². The number of hydrogen-bond acceptors (Lipinski definition) is 4. The summed E-state index contributed by atoms with van der Waals surface area (Å²) in [6.07, 6.45) is 7.32. The van der Waals surface area contributed by atoms with Gasteiger partial charge in [-0.3, -0.25) is 9.78 Å². The van der Waals surface area contributed by atoms with Gasteiger partial charge in [0.2, 0.25) is 0 Å². The Kier molecular flexibility index (Phi) is 3.09. The maximum absolute atomic E-state index is 12.3. The molecule has 1 aromatic heterocycles. The maximum Gasteiger partial charge on any atom is 0.178 e. The molecule has 1 saturated heterocycles. The fourth-order valence-corrected chi connectivity index (χ4v) is 3.76. The minimum Gasteiger partial charge on any atom is -0.371 e. The van der Waals surface area contributed by atoms with Gasteiger partial charge in [-0.25, -0.2) is 0 Å². The molecule has 4 nitrogen and oxygen atoms in total. The summed E-state index contributed by atoms with van der Waals surface area (Å²) in [5.74, 6) is -0.0158. The summed E-state index contributed by atoms with van der Waals surface area (Å²) in [7, 11) is 0. The van der Waals surface area contributed by atoms with Gasteiger partial charge in [0.15, 0.2) is 5.78 Å². The highest BCUT2D eigenvalue weighted by atomic mass is 16.1. The lowest BCUT2D eigenvalue weighted by Gasteiger charge is -2.38. The number of aromatic nitrogens is 1. The molecule has 1 fully saturated rings. The van der Waals surface area contributed by atoms with Crippen molar-refractivity contribution in [3.05, 3.63) is 36.2 Å². The molecule has 108 valence electrons. The fraction of sp³-hybridized carbons (Fsp3) is 0.471. The molecule has 0 radical (unpaired) electrons. The second kappa shape index (κ2) is 4.70. The number of allylic oxidation sites excluding steroid dienone is 1. The van der Waals surface area contributed by atoms with Gasteiger partial charge in [0.1, 0.15) is 6.07 Å². The molecule has 1 atom stereocenters. The predicted octanol–water partition coefficient (Wildman–Crippen LogP) is 2.73. The summed E-state index contributed by atoms with van der Waals surface area (Å²) in [5, 5.41) is 9.26. The van der Waals surface area contributed by atoms with E-state index in [2.05, 4.69) is 16.0 Å². The van der Waals surface area contributed by atoms with E-state index in [4.69, 9.17) is 0 Å². The minimum atomic E-state index is -0.450. The number of nitriles is 1. The van der Waals surface area contributed by atoms with E-state index in [1.807, 2.05) is 32.1 Å². The van der Waals surface area contributed by atoms with Crippen molar-refractivity contribution in [1.29, 1.82) is 5.26 Å². The number of hydrogen-bond donors (Lipinski definition) is 0. The number of anilines is 1. The molecule has 21 heavy (non-hydrogen) atoms. The molecule has 0 aromatic carbocycles. The second-order valence-corrected chi connectivity index (χ2v) is 6.80. The number of carbonyl (C=O) groups is 1. The van der Waals surface area contributed by atoms with Crippen LogP contribution in [0.15, 0.2) is 36.2 Å². The monoisotopic (exact) mass is 281 g/mol. The summed E-state index contributed by atoms with van der Waals surface area (Å²) in [6.45, 7) is 5.72. The van der Waals surface area contributed by atoms with E-state index in [0.29, 0.717) is 5.57 Å². The first-order valence-corrected chi connectivity index (χ1v) is 7.29. The molecule has 1 unspecified atom stereocenters. The average Bonchev–Trinajstić information content (AvgIpc) is 2.87. The Labute approximate surface area is 125 Å². The van der Waals surface area contributed by atoms with Crippen LogP contribution in [0.25, 0.3) is 0 Å². The third-order valence-corrected chi connectivity index (χ3v) is 4.64. The van der Waals surface area contributed by atoms with Crippen LogP contribution in [-0.4, -0.2) is 23.9 Å². The fourth-order valence-electron chi connectivity index (χ4n) is 3.76. The van der Waals surface area contributed by atoms with Gasteiger partial charge >= 0.3 is 0 Å². The average molecular weight is 281 g/mol. The highest BCUT2D eigenvalue weighted by Crippen LogP contribution is 2.48. The molecule has 0 N–H and O–H groups in total. The van der Waals surface area contributed by atoms with Gasteiger partial charge in [-0.2, -0.15) is 5.26 Å². The lowest BCUT2D eigenvalue weighted by atomic mass is 9.64. The topological polar surface area (TPSA) is 57.0 Å². The zero-order valence-electron chi connectivity index (χ0n) is 12.5. The number of Topliss-reactive ketones (excluding diaryl/α,β-unsaturated/α-hetero) is 1. The van der Waals surface area contributed by atoms with Gasteiger partial charge in [-0.1, -0.05) is 19.9 Å². The quantitative estimate of drug-likeness (QED) is 0.794. The molecule has 0 saturated carbocycles. The van der Waals surface area contributed by atoms with Gasteiger partial charge < -0.3 is 4.90 Å². The SMILES string of the molecule is CC1(C)CC2(C=C(C#N)C1=O)CCN(c1ccncc1)C2. The minimum absolute atomic E-state index is 0.0158. The highest BCUT2D eigenvalue weighted by Gasteiger charge is 2.48. The standard InChI is InChI=1S/C17H19N3O/c1-16(2)11-17(9-13(10-18)15(16)21)5-8-20(12-17)14-3-6-19-7-4-14/h3-4,6-7,9H,5,8,11-12H2,1-2H3. The smallest absolute Gasteiger partial charge is 0.178 e. The lowest BCUT2D eigenvalue weighted by Crippen LogP contribution is -2.40. The van der Waals surface area contributed by atoms with Crippen molar-refractivity contribution < 1.29 is 4.79 Å². The molecule has 1 spiro atoms. The Morgan fingerprint density at radius 2 is 2.05 bits per heavy atom. The molecule has 0 bridgehead atoms. The van der Waals surface area contributed by atoms with Crippen molar-refractivity contribution >= 4 is 11.5 Å². The summed E-state index contributed by atoms with van der Waals surface area (Å²) in [4.78, 5) is 18.6. The highest BCUT2D eigenvalue weighted by molar-refractivity contribution is 6.03. The molecule has 1 aliphatic heterocycles. The number of carbonyl (C=O) groups excluding carboxylic acids is 1. The van der Waals surface area contributed by atoms with Crippen LogP contribution >= 0.6 is 0 Å². The van der Waals surface area contributed by atoms with Crippen LogP contribution in [-0.2, 0) is 4.79 Å². The van der Waals surface area contributed by atoms with Crippen molar-refractivity contribution in [3.8, 4) is 6.07 Å². The van der Waals surface area contributed by atoms with Gasteiger partial charge in [-0.05, 0) is 25.0 Å². The van der Waals surface area contributed by atoms with Crippen molar-refractivity contribution in [2.75, 3.05) is 18.0 Å². The Morgan fingerprint density at radius 1 is 1.33 bits per heavy atom. The van der Waals surface area contributed by atoms with Crippen molar-refractivity contribution in [2.24, 2.45) is 10.8 Å². The van der Waals surface area contributed by atoms with Gasteiger partial charge in [0, 0.05) is 42.0 Å². The van der Waals surface area contributed by atoms with Crippen LogP contribution in [0.1, 0.15) is 26.7 Å². The van der Waals surface area contributed by atoms with Crippen molar-refractivity contribution in [1.82, 2.24) is 4.98 Å². The predicted molar refractivity (Wildman–Crippen MR) is 80.6 cm³/mol. The zero-order valence-corrected chi connectivity index (χ0v) is 12.5. The molecule has 2 heterocycles. The molecule has 4 heteroatoms. The normalized spacial score (nSPS) is 27.6. The van der Waals surface area contributed by atoms with Gasteiger partial charge in [0.05, 0.1) is 5.57 Å². The van der Waals surface area contributed by atoms with Gasteiger partial charge in [0.25, 0.3) is 0 Å². The summed E-state index contributed by atoms with van der Waals surface area (Å²) < 4.78 is 0. The number of pyridine rings is 1. The van der Waals surface area contributed by atoms with Crippen LogP contribution < -0.4 is 4.90 Å². The van der Waals surface area contributed by atoms with Crippen LogP contribution in [0.4, 0.5) is 5.69 Å². The lowest BCUT2D eigenvalue weighted by molar-refractivity contribution is -0.125. The summed E-state index contributed by atoms with van der Waals surface area (Å²) in [6, 6.07) is 6.11. The first-order valence-electron chi connectivity index (χ1n) is 7.29. The molecule has 1 aliphatic carbocycles. The van der Waals surface area contributed by atoms with Crippen LogP contribution in [0.3, 0.4) is 0 Å². The third kappa shape index (κ3) is 2.33. The first-order chi connectivity index (χ1) is 9.96. The van der Waals surface area contributed by atoms with Crippen molar-refractivity contribution in [2.45, 2.75) is 26.7 Å². The van der Waals surface area contributed by atoms with Crippen LogP contribution in [0.5, 0.6) is 0 Å². The van der Waals surface area contributed by atoms with Crippen LogP contribution in [0.2, 0.25) is 0 Å². The van der Waals surface area contributed by atoms with Gasteiger partial charge in [-0.15, -0.1) is 0 Å². The number of rotatable bonds is 1. The Balaban J connectivity index is 1.92. The Bertz CT molecular complexity index is 642. The van der Waals surface area contributed by atoms with Crippen LogP contribution in [0, 0.1) is 22.2 Å². The van der Waals surface area contributed by atoms with E-state index in [1.165, 1.54) is 0 Å². The van der Waals surface area contributed by atoms with E-state index in [9.17, 15) is 10.1 Å². The molecule has 2 aliphatic rings. The molecular formula is C17H19N3O. The largest absolute Gasteiger partial charge is 0.371 e. The van der Waals surface area contributed by atoms with E-state index in [-0.39, 0.29) is 11.2 Å². The van der Waals surface area contributed by atoms with E-state index in [0.717, 1.165) is 31.6 Å². The first kappa shape index (κ1) is 13.8. The summed E-state index contributed by atoms with van der Waals surface area (Å²) >= 11 is 0. The molecule has 3 rings (SSSR count). The van der Waals surface area contributed by atoms with E-state index < -0.39 is 5.41 Å². The number of nitrogens with zero attached hydrogens (tertiary/aromatic N) is 3. The third-order valence-electron chi connectivity index (χ3n) is 4.64. The zero-order chi connectivity index (χ0) is 15.1. The molecule has 0 amide bonds. The summed E-state index contributed by atoms with van der Waals surface area (Å²) in [5.41, 5.74) is 0.978. The maximum atomic E-state index is 12.3. The Morgan fingerprint density at radius 3 is 2.71 bits per heavy atom. The second-order valence-electron chi connectivity index (χ2n) is 6.80.